The summed E-state index contributed by atoms with van der Waals surface area (Å²) in [5.74, 6) is -2.02. The van der Waals surface area contributed by atoms with Gasteiger partial charge in [-0.2, -0.15) is 0 Å². The highest BCUT2D eigenvalue weighted by Gasteiger charge is 2.36. The number of likely N-dealkylation sites (tertiary alicyclic amines) is 1. The molecule has 1 aromatic rings. The fourth-order valence-corrected chi connectivity index (χ4v) is 3.92. The number of rotatable bonds is 7. The molecule has 10 nitrogen and oxygen atoms in total. The van der Waals surface area contributed by atoms with Crippen molar-refractivity contribution < 1.29 is 28.7 Å². The van der Waals surface area contributed by atoms with Crippen LogP contribution in [0, 0.1) is 5.92 Å². The number of cyclic esters (lactones) is 1. The molecule has 3 N–H and O–H groups in total. The lowest BCUT2D eigenvalue weighted by Crippen LogP contribution is -2.51. The highest BCUT2D eigenvalue weighted by Crippen LogP contribution is 2.22. The zero-order chi connectivity index (χ0) is 24.1. The number of nitrogens with zero attached hydrogens (tertiary/aromatic N) is 1. The largest absolute Gasteiger partial charge is 0.463 e. The number of hydrogen-bond acceptors (Lipinski definition) is 6. The molecule has 178 valence electrons. The van der Waals surface area contributed by atoms with Gasteiger partial charge in [0.2, 0.25) is 17.7 Å². The highest BCUT2D eigenvalue weighted by molar-refractivity contribution is 6.34. The molecule has 0 unspecified atom stereocenters. The molecule has 3 rings (SSSR count). The average Bonchev–Trinajstić information content (AvgIpc) is 3.41. The maximum absolute atomic E-state index is 12.7. The minimum Gasteiger partial charge on any atom is -0.463 e. The van der Waals surface area contributed by atoms with Gasteiger partial charge in [-0.25, -0.2) is 0 Å². The Hall–Kier alpha value is -3.14. The summed E-state index contributed by atoms with van der Waals surface area (Å²) in [6.07, 6.45) is 1.28. The lowest BCUT2D eigenvalue weighted by atomic mass is 10.1. The zero-order valence-electron chi connectivity index (χ0n) is 18.5. The number of carbonyl (C=O) groups is 5. The summed E-state index contributed by atoms with van der Waals surface area (Å²) in [6, 6.07) is 3.45. The minimum absolute atomic E-state index is 0.114. The molecule has 0 bridgehead atoms. The maximum Gasteiger partial charge on any atom is 0.308 e. The quantitative estimate of drug-likeness (QED) is 0.502. The van der Waals surface area contributed by atoms with Crippen LogP contribution < -0.4 is 16.0 Å². The van der Waals surface area contributed by atoms with Gasteiger partial charge in [-0.15, -0.1) is 0 Å². The van der Waals surface area contributed by atoms with E-state index in [9.17, 15) is 24.0 Å². The highest BCUT2D eigenvalue weighted by atomic mass is 35.5. The Kier molecular flexibility index (Phi) is 7.91. The standard InChI is InChI=1S/C22H27ClN4O6/c1-12(2)20(30)25-13-5-6-15(16(23)8-13)21(31)24-10-18(28)27-7-3-4-17(27)22(32)26-14-9-19(29)33-11-14/h5-6,8,12,14,17H,3-4,7,9-11H2,1-2H3,(H,24,31)(H,25,30)(H,26,32)/t14-,17-/m0/s1. The molecule has 0 radical (unpaired) electrons. The number of amides is 4. The predicted octanol–water partition coefficient (Wildman–Crippen LogP) is 1.09. The Morgan fingerprint density at radius 2 is 2.00 bits per heavy atom. The van der Waals surface area contributed by atoms with Crippen LogP contribution >= 0.6 is 11.6 Å². The van der Waals surface area contributed by atoms with Crippen LogP contribution in [0.1, 0.15) is 43.5 Å². The fraction of sp³-hybridized carbons (Fsp3) is 0.500. The molecule has 1 aromatic carbocycles. The van der Waals surface area contributed by atoms with Gasteiger partial charge >= 0.3 is 5.97 Å². The molecule has 4 amide bonds. The first kappa shape index (κ1) is 24.5. The predicted molar refractivity (Wildman–Crippen MR) is 119 cm³/mol. The van der Waals surface area contributed by atoms with Crippen molar-refractivity contribution >= 4 is 46.9 Å². The molecule has 33 heavy (non-hydrogen) atoms. The third-order valence-corrected chi connectivity index (χ3v) is 5.80. The second-order valence-electron chi connectivity index (χ2n) is 8.36. The van der Waals surface area contributed by atoms with Gasteiger partial charge in [0.15, 0.2) is 0 Å². The second kappa shape index (κ2) is 10.7. The first-order valence-corrected chi connectivity index (χ1v) is 11.2. The number of esters is 1. The Labute approximate surface area is 196 Å². The molecular formula is C22H27ClN4O6. The molecule has 2 saturated heterocycles. The van der Waals surface area contributed by atoms with E-state index < -0.39 is 23.9 Å². The van der Waals surface area contributed by atoms with E-state index in [0.29, 0.717) is 25.1 Å². The van der Waals surface area contributed by atoms with Gasteiger partial charge in [0.05, 0.1) is 29.6 Å². The van der Waals surface area contributed by atoms with Gasteiger partial charge < -0.3 is 25.6 Å². The smallest absolute Gasteiger partial charge is 0.308 e. The molecule has 2 aliphatic heterocycles. The summed E-state index contributed by atoms with van der Waals surface area (Å²) in [5.41, 5.74) is 0.625. The molecular weight excluding hydrogens is 452 g/mol. The van der Waals surface area contributed by atoms with Crippen LogP contribution in [-0.2, 0) is 23.9 Å². The lowest BCUT2D eigenvalue weighted by Gasteiger charge is -2.25. The van der Waals surface area contributed by atoms with Crippen LogP contribution in [0.3, 0.4) is 0 Å². The van der Waals surface area contributed by atoms with Crippen molar-refractivity contribution in [1.82, 2.24) is 15.5 Å². The van der Waals surface area contributed by atoms with Crippen molar-refractivity contribution in [3.8, 4) is 0 Å². The van der Waals surface area contributed by atoms with Crippen molar-refractivity contribution in [2.45, 2.75) is 45.2 Å². The van der Waals surface area contributed by atoms with Crippen LogP contribution in [0.2, 0.25) is 5.02 Å². The molecule has 11 heteroatoms. The molecule has 2 atom stereocenters. The zero-order valence-corrected chi connectivity index (χ0v) is 19.2. The van der Waals surface area contributed by atoms with Crippen molar-refractivity contribution in [1.29, 1.82) is 0 Å². The summed E-state index contributed by atoms with van der Waals surface area (Å²) >= 11 is 6.19. The topological polar surface area (TPSA) is 134 Å². The minimum atomic E-state index is -0.655. The number of carbonyl (C=O) groups excluding carboxylic acids is 5. The monoisotopic (exact) mass is 478 g/mol. The van der Waals surface area contributed by atoms with Crippen LogP contribution in [-0.4, -0.2) is 66.3 Å². The summed E-state index contributed by atoms with van der Waals surface area (Å²) in [6.45, 7) is 3.75. The molecule has 2 heterocycles. The van der Waals surface area contributed by atoms with Crippen molar-refractivity contribution in [3.63, 3.8) is 0 Å². The van der Waals surface area contributed by atoms with Crippen molar-refractivity contribution in [2.75, 3.05) is 25.0 Å². The summed E-state index contributed by atoms with van der Waals surface area (Å²) in [5, 5.41) is 8.11. The summed E-state index contributed by atoms with van der Waals surface area (Å²) in [4.78, 5) is 62.2. The lowest BCUT2D eigenvalue weighted by molar-refractivity contribution is -0.138. The molecule has 2 aliphatic rings. The van der Waals surface area contributed by atoms with Gasteiger partial charge in [0.25, 0.3) is 5.91 Å². The van der Waals surface area contributed by atoms with Gasteiger partial charge in [-0.1, -0.05) is 25.4 Å². The van der Waals surface area contributed by atoms with Crippen molar-refractivity contribution in [2.24, 2.45) is 5.92 Å². The third kappa shape index (κ3) is 6.22. The number of halogens is 1. The number of benzene rings is 1. The molecule has 0 aliphatic carbocycles. The van der Waals surface area contributed by atoms with E-state index in [1.165, 1.54) is 17.0 Å². The molecule has 0 spiro atoms. The van der Waals surface area contributed by atoms with E-state index in [1.807, 2.05) is 0 Å². The Balaban J connectivity index is 1.54. The normalized spacial score (nSPS) is 19.9. The first-order valence-electron chi connectivity index (χ1n) is 10.8. The fourth-order valence-electron chi connectivity index (χ4n) is 3.66. The Morgan fingerprint density at radius 3 is 2.64 bits per heavy atom. The van der Waals surface area contributed by atoms with Gasteiger partial charge in [-0.3, -0.25) is 24.0 Å². The van der Waals surface area contributed by atoms with E-state index in [1.54, 1.807) is 19.9 Å². The van der Waals surface area contributed by atoms with Crippen LogP contribution in [0.15, 0.2) is 18.2 Å². The van der Waals surface area contributed by atoms with E-state index >= 15 is 0 Å². The maximum atomic E-state index is 12.7. The van der Waals surface area contributed by atoms with Gasteiger partial charge in [0, 0.05) is 18.2 Å². The number of ether oxygens (including phenoxy) is 1. The molecule has 0 saturated carbocycles. The molecule has 0 aromatic heterocycles. The Morgan fingerprint density at radius 1 is 1.24 bits per heavy atom. The number of hydrogen-bond donors (Lipinski definition) is 3. The van der Waals surface area contributed by atoms with Gasteiger partial charge in [0.1, 0.15) is 12.6 Å². The second-order valence-corrected chi connectivity index (χ2v) is 8.77. The van der Waals surface area contributed by atoms with Crippen molar-refractivity contribution in [3.05, 3.63) is 28.8 Å². The average molecular weight is 479 g/mol. The SMILES string of the molecule is CC(C)C(=O)Nc1ccc(C(=O)NCC(=O)N2CCC[C@H]2C(=O)N[C@@H]2COC(=O)C2)c(Cl)c1. The summed E-state index contributed by atoms with van der Waals surface area (Å²) in [7, 11) is 0. The van der Waals surface area contributed by atoms with Gasteiger partial charge in [-0.05, 0) is 31.0 Å². The molecule has 2 fully saturated rings. The Bertz CT molecular complexity index is 966. The number of nitrogens with one attached hydrogen (secondary N) is 3. The van der Waals surface area contributed by atoms with Crippen LogP contribution in [0.4, 0.5) is 5.69 Å². The van der Waals surface area contributed by atoms with E-state index in [4.69, 9.17) is 16.3 Å². The van der Waals surface area contributed by atoms with Crippen LogP contribution in [0.25, 0.3) is 0 Å². The van der Waals surface area contributed by atoms with E-state index in [-0.39, 0.29) is 53.9 Å². The van der Waals surface area contributed by atoms with Crippen LogP contribution in [0.5, 0.6) is 0 Å². The third-order valence-electron chi connectivity index (χ3n) is 5.49. The van der Waals surface area contributed by atoms with E-state index in [2.05, 4.69) is 16.0 Å². The summed E-state index contributed by atoms with van der Waals surface area (Å²) < 4.78 is 4.84. The number of anilines is 1. The van der Waals surface area contributed by atoms with E-state index in [0.717, 1.165) is 0 Å². The first-order chi connectivity index (χ1) is 15.7.